The second-order valence-corrected chi connectivity index (χ2v) is 10.8. The van der Waals surface area contributed by atoms with Crippen LogP contribution in [-0.4, -0.2) is 0 Å². The summed E-state index contributed by atoms with van der Waals surface area (Å²) in [6, 6.07) is 17.7. The van der Waals surface area contributed by atoms with E-state index in [2.05, 4.69) is 73.9 Å². The summed E-state index contributed by atoms with van der Waals surface area (Å²) in [5.41, 5.74) is 5.08. The van der Waals surface area contributed by atoms with Crippen molar-refractivity contribution in [1.29, 1.82) is 0 Å². The molecule has 3 rings (SSSR count). The molecule has 2 aromatic carbocycles. The molecule has 0 spiro atoms. The summed E-state index contributed by atoms with van der Waals surface area (Å²) in [5, 5.41) is 0. The van der Waals surface area contributed by atoms with Crippen molar-refractivity contribution in [3.05, 3.63) is 83.4 Å². The van der Waals surface area contributed by atoms with E-state index in [1.165, 1.54) is 101 Å². The molecule has 0 nitrogen and oxygen atoms in total. The summed E-state index contributed by atoms with van der Waals surface area (Å²) in [7, 11) is 0. The van der Waals surface area contributed by atoms with Crippen LogP contribution in [0.5, 0.6) is 0 Å². The maximum absolute atomic E-state index is 3.80. The minimum Gasteiger partial charge on any atom is -0.103 e. The van der Waals surface area contributed by atoms with E-state index in [-0.39, 0.29) is 0 Å². The number of allylic oxidation sites excluding steroid dienone is 1. The Labute approximate surface area is 216 Å². The third-order valence-electron chi connectivity index (χ3n) is 7.91. The van der Waals surface area contributed by atoms with Crippen LogP contribution in [0.15, 0.2) is 61.2 Å². The van der Waals surface area contributed by atoms with Gasteiger partial charge in [0.25, 0.3) is 0 Å². The quantitative estimate of drug-likeness (QED) is 0.147. The van der Waals surface area contributed by atoms with Crippen LogP contribution in [0.3, 0.4) is 0 Å². The Hall–Kier alpha value is -2.26. The van der Waals surface area contributed by atoms with Gasteiger partial charge in [-0.15, -0.1) is 6.58 Å². The van der Waals surface area contributed by atoms with E-state index in [1.807, 2.05) is 6.08 Å². The summed E-state index contributed by atoms with van der Waals surface area (Å²) in [5.74, 6) is 8.64. The molecule has 1 fully saturated rings. The van der Waals surface area contributed by atoms with Gasteiger partial charge in [0, 0.05) is 11.1 Å². The molecule has 188 valence electrons. The Balaban J connectivity index is 1.34. The molecule has 0 unspecified atom stereocenters. The van der Waals surface area contributed by atoms with Crippen molar-refractivity contribution in [3.63, 3.8) is 0 Å². The lowest BCUT2D eigenvalue weighted by molar-refractivity contribution is 0.248. The van der Waals surface area contributed by atoms with Gasteiger partial charge in [0.05, 0.1) is 0 Å². The van der Waals surface area contributed by atoms with Crippen LogP contribution >= 0.6 is 0 Å². The van der Waals surface area contributed by atoms with Gasteiger partial charge >= 0.3 is 0 Å². The highest BCUT2D eigenvalue weighted by molar-refractivity contribution is 5.44. The molecule has 2 aromatic rings. The van der Waals surface area contributed by atoms with Gasteiger partial charge in [0.1, 0.15) is 0 Å². The molecule has 0 heterocycles. The lowest BCUT2D eigenvalue weighted by atomic mass is 9.77. The van der Waals surface area contributed by atoms with Crippen molar-refractivity contribution >= 4 is 0 Å². The minimum absolute atomic E-state index is 0.941. The Morgan fingerprint density at radius 1 is 0.657 bits per heavy atom. The number of aryl methyl sites for hydroxylation is 2. The maximum atomic E-state index is 3.80. The average molecular weight is 469 g/mol. The SMILES string of the molecule is C=CCCCCc1ccc(C#Cc2ccc(CCC3CCC(CCCCCCC)CC3)cc2)cc1. The van der Waals surface area contributed by atoms with Crippen molar-refractivity contribution in [2.24, 2.45) is 11.8 Å². The second kappa shape index (κ2) is 16.4. The van der Waals surface area contributed by atoms with Gasteiger partial charge in [-0.05, 0) is 85.8 Å². The predicted molar refractivity (Wildman–Crippen MR) is 154 cm³/mol. The first-order valence-electron chi connectivity index (χ1n) is 14.6. The zero-order chi connectivity index (χ0) is 24.6. The summed E-state index contributed by atoms with van der Waals surface area (Å²) < 4.78 is 0. The van der Waals surface area contributed by atoms with Crippen LogP contribution < -0.4 is 0 Å². The molecular weight excluding hydrogens is 420 g/mol. The van der Waals surface area contributed by atoms with E-state index in [9.17, 15) is 0 Å². The molecule has 0 bridgehead atoms. The van der Waals surface area contributed by atoms with E-state index in [0.717, 1.165) is 35.8 Å². The molecule has 0 amide bonds. The van der Waals surface area contributed by atoms with Gasteiger partial charge in [-0.1, -0.05) is 113 Å². The molecule has 0 atom stereocenters. The molecule has 0 heteroatoms. The smallest absolute Gasteiger partial charge is 0.0249 e. The summed E-state index contributed by atoms with van der Waals surface area (Å²) >= 11 is 0. The van der Waals surface area contributed by atoms with E-state index in [0.29, 0.717) is 0 Å². The molecule has 0 aromatic heterocycles. The van der Waals surface area contributed by atoms with Crippen LogP contribution in [0.1, 0.15) is 119 Å². The normalized spacial score (nSPS) is 17.5. The van der Waals surface area contributed by atoms with Crippen LogP contribution in [0, 0.1) is 23.7 Å². The van der Waals surface area contributed by atoms with Crippen LogP contribution in [-0.2, 0) is 12.8 Å². The predicted octanol–water partition coefficient (Wildman–Crippen LogP) is 10.1. The summed E-state index contributed by atoms with van der Waals surface area (Å²) in [4.78, 5) is 0. The maximum Gasteiger partial charge on any atom is 0.0249 e. The van der Waals surface area contributed by atoms with E-state index < -0.39 is 0 Å². The van der Waals surface area contributed by atoms with Crippen LogP contribution in [0.25, 0.3) is 0 Å². The Morgan fingerprint density at radius 2 is 1.20 bits per heavy atom. The summed E-state index contributed by atoms with van der Waals surface area (Å²) in [6.07, 6.45) is 23.8. The highest BCUT2D eigenvalue weighted by atomic mass is 14.3. The lowest BCUT2D eigenvalue weighted by Crippen LogP contribution is -2.15. The third kappa shape index (κ3) is 10.9. The van der Waals surface area contributed by atoms with Crippen molar-refractivity contribution in [1.82, 2.24) is 0 Å². The fraction of sp³-hybridized carbons (Fsp3) is 0.543. The zero-order valence-corrected chi connectivity index (χ0v) is 22.4. The van der Waals surface area contributed by atoms with E-state index >= 15 is 0 Å². The molecule has 1 aliphatic rings. The molecule has 0 radical (unpaired) electrons. The Morgan fingerprint density at radius 3 is 1.77 bits per heavy atom. The summed E-state index contributed by atoms with van der Waals surface area (Å²) in [6.45, 7) is 6.10. The van der Waals surface area contributed by atoms with Gasteiger partial charge in [-0.25, -0.2) is 0 Å². The minimum atomic E-state index is 0.941. The first-order valence-corrected chi connectivity index (χ1v) is 14.6. The van der Waals surface area contributed by atoms with Gasteiger partial charge in [-0.2, -0.15) is 0 Å². The Kier molecular flexibility index (Phi) is 12.8. The lowest BCUT2D eigenvalue weighted by Gasteiger charge is -2.28. The van der Waals surface area contributed by atoms with Crippen molar-refractivity contribution in [2.45, 2.75) is 110 Å². The average Bonchev–Trinajstić information content (AvgIpc) is 2.90. The Bertz CT molecular complexity index is 882. The number of hydrogen-bond donors (Lipinski definition) is 0. The molecule has 1 saturated carbocycles. The highest BCUT2D eigenvalue weighted by Crippen LogP contribution is 2.34. The van der Waals surface area contributed by atoms with Crippen molar-refractivity contribution in [2.75, 3.05) is 0 Å². The van der Waals surface area contributed by atoms with Crippen LogP contribution in [0.4, 0.5) is 0 Å². The number of rotatable bonds is 14. The third-order valence-corrected chi connectivity index (χ3v) is 7.91. The molecule has 35 heavy (non-hydrogen) atoms. The van der Waals surface area contributed by atoms with E-state index in [4.69, 9.17) is 0 Å². The first-order chi connectivity index (χ1) is 17.3. The van der Waals surface area contributed by atoms with Crippen molar-refractivity contribution < 1.29 is 0 Å². The number of hydrogen-bond acceptors (Lipinski definition) is 0. The highest BCUT2D eigenvalue weighted by Gasteiger charge is 2.20. The molecular formula is C35H48. The van der Waals surface area contributed by atoms with E-state index in [1.54, 1.807) is 0 Å². The van der Waals surface area contributed by atoms with Gasteiger partial charge in [0.15, 0.2) is 0 Å². The molecule has 0 N–H and O–H groups in total. The van der Waals surface area contributed by atoms with Gasteiger partial charge in [-0.3, -0.25) is 0 Å². The van der Waals surface area contributed by atoms with Crippen LogP contribution in [0.2, 0.25) is 0 Å². The molecule has 0 saturated heterocycles. The fourth-order valence-electron chi connectivity index (χ4n) is 5.49. The molecule has 0 aliphatic heterocycles. The first kappa shape index (κ1) is 27.3. The second-order valence-electron chi connectivity index (χ2n) is 10.8. The number of benzene rings is 2. The fourth-order valence-corrected chi connectivity index (χ4v) is 5.49. The topological polar surface area (TPSA) is 0 Å². The van der Waals surface area contributed by atoms with Gasteiger partial charge in [0.2, 0.25) is 0 Å². The number of unbranched alkanes of at least 4 members (excludes halogenated alkanes) is 6. The van der Waals surface area contributed by atoms with Gasteiger partial charge < -0.3 is 0 Å². The monoisotopic (exact) mass is 468 g/mol. The zero-order valence-electron chi connectivity index (χ0n) is 22.4. The standard InChI is InChI=1S/C35H48/c1-3-5-7-9-11-13-31-16-20-33(21-17-31)23-25-35-28-26-34(27-29-35)24-22-32-18-14-30(15-19-32)12-10-8-6-4-2/h4,14-15,18-19,26-29,31,33H,2-3,5-13,16-17,20-21,23,25H2,1H3. The largest absolute Gasteiger partial charge is 0.103 e. The molecule has 1 aliphatic carbocycles. The van der Waals surface area contributed by atoms with Crippen molar-refractivity contribution in [3.8, 4) is 11.8 Å².